The lowest BCUT2D eigenvalue weighted by atomic mass is 10.2. The molecule has 0 aliphatic heterocycles. The monoisotopic (exact) mass is 236 g/mol. The van der Waals surface area contributed by atoms with Gasteiger partial charge in [-0.2, -0.15) is 0 Å². The van der Waals surface area contributed by atoms with Gasteiger partial charge >= 0.3 is 0 Å². The molecule has 3 aromatic rings. The highest BCUT2D eigenvalue weighted by molar-refractivity contribution is 5.58. The summed E-state index contributed by atoms with van der Waals surface area (Å²) < 4.78 is 1.88. The van der Waals surface area contributed by atoms with Crippen molar-refractivity contribution in [1.82, 2.24) is 14.5 Å². The van der Waals surface area contributed by atoms with E-state index in [-0.39, 0.29) is 0 Å². The maximum absolute atomic E-state index is 5.61. The summed E-state index contributed by atoms with van der Waals surface area (Å²) in [5, 5.41) is 0. The number of pyridine rings is 1. The Morgan fingerprint density at radius 1 is 0.944 bits per heavy atom. The molecule has 0 saturated carbocycles. The van der Waals surface area contributed by atoms with Gasteiger partial charge in [-0.1, -0.05) is 30.3 Å². The number of nitrogens with two attached hydrogens (primary N) is 1. The molecule has 0 atom stereocenters. The minimum Gasteiger partial charge on any atom is -0.397 e. The Hall–Kier alpha value is -2.62. The van der Waals surface area contributed by atoms with Gasteiger partial charge in [0.25, 0.3) is 0 Å². The van der Waals surface area contributed by atoms with Crippen LogP contribution in [0.15, 0.2) is 61.2 Å². The lowest BCUT2D eigenvalue weighted by molar-refractivity contribution is 0.994. The fourth-order valence-corrected chi connectivity index (χ4v) is 1.76. The zero-order chi connectivity index (χ0) is 12.4. The lowest BCUT2D eigenvalue weighted by Gasteiger charge is -2.00. The quantitative estimate of drug-likeness (QED) is 0.743. The van der Waals surface area contributed by atoms with Crippen molar-refractivity contribution in [3.05, 3.63) is 61.2 Å². The summed E-state index contributed by atoms with van der Waals surface area (Å²) >= 11 is 0. The van der Waals surface area contributed by atoms with Crippen molar-refractivity contribution in [2.75, 3.05) is 5.73 Å². The first kappa shape index (κ1) is 10.5. The summed E-state index contributed by atoms with van der Waals surface area (Å²) in [5.74, 6) is 0.805. The van der Waals surface area contributed by atoms with Crippen LogP contribution in [0.2, 0.25) is 0 Å². The lowest BCUT2D eigenvalue weighted by Crippen LogP contribution is -1.95. The second-order valence-electron chi connectivity index (χ2n) is 3.98. The van der Waals surface area contributed by atoms with Gasteiger partial charge in [-0.25, -0.2) is 9.97 Å². The number of hydrogen-bond acceptors (Lipinski definition) is 3. The molecule has 2 N–H and O–H groups in total. The van der Waals surface area contributed by atoms with E-state index in [4.69, 9.17) is 5.73 Å². The van der Waals surface area contributed by atoms with Gasteiger partial charge in [0.05, 0.1) is 17.6 Å². The predicted octanol–water partition coefficient (Wildman–Crippen LogP) is 2.52. The van der Waals surface area contributed by atoms with Crippen molar-refractivity contribution < 1.29 is 0 Å². The number of anilines is 1. The van der Waals surface area contributed by atoms with Gasteiger partial charge in [-0.15, -0.1) is 0 Å². The Morgan fingerprint density at radius 3 is 2.50 bits per heavy atom. The third-order valence-corrected chi connectivity index (χ3v) is 2.69. The van der Waals surface area contributed by atoms with Crippen LogP contribution in [0.25, 0.3) is 17.1 Å². The highest BCUT2D eigenvalue weighted by Gasteiger charge is 2.03. The number of nitrogens with zero attached hydrogens (tertiary/aromatic N) is 3. The van der Waals surface area contributed by atoms with E-state index in [0.29, 0.717) is 5.69 Å². The predicted molar refractivity (Wildman–Crippen MR) is 71.2 cm³/mol. The van der Waals surface area contributed by atoms with Crippen LogP contribution in [0.4, 0.5) is 5.69 Å². The maximum atomic E-state index is 5.61. The van der Waals surface area contributed by atoms with Crippen LogP contribution in [0, 0.1) is 0 Å². The average molecular weight is 236 g/mol. The highest BCUT2D eigenvalue weighted by Crippen LogP contribution is 2.17. The van der Waals surface area contributed by atoms with E-state index in [1.54, 1.807) is 12.5 Å². The van der Waals surface area contributed by atoms with E-state index in [2.05, 4.69) is 9.97 Å². The second kappa shape index (κ2) is 4.33. The molecular weight excluding hydrogens is 224 g/mol. The summed E-state index contributed by atoms with van der Waals surface area (Å²) in [6.45, 7) is 0. The molecule has 0 spiro atoms. The summed E-state index contributed by atoms with van der Waals surface area (Å²) in [6, 6.07) is 13.7. The largest absolute Gasteiger partial charge is 0.397 e. The number of rotatable bonds is 2. The number of nitrogen functional groups attached to an aromatic ring is 1. The molecule has 0 bridgehead atoms. The Labute approximate surface area is 105 Å². The molecular formula is C14H12N4. The minimum absolute atomic E-state index is 0.655. The van der Waals surface area contributed by atoms with Crippen molar-refractivity contribution >= 4 is 5.69 Å². The summed E-state index contributed by atoms with van der Waals surface area (Å²) in [6.07, 6.45) is 5.34. The standard InChI is InChI=1S/C14H12N4/c15-12-6-7-14(16-8-12)18-9-13(17-10-18)11-4-2-1-3-5-11/h1-10H,15H2. The van der Waals surface area contributed by atoms with Gasteiger partial charge in [0.2, 0.25) is 0 Å². The Morgan fingerprint density at radius 2 is 1.78 bits per heavy atom. The van der Waals surface area contributed by atoms with Gasteiger partial charge in [-0.05, 0) is 12.1 Å². The zero-order valence-electron chi connectivity index (χ0n) is 9.69. The SMILES string of the molecule is Nc1ccc(-n2cnc(-c3ccccc3)c2)nc1. The van der Waals surface area contributed by atoms with E-state index in [1.165, 1.54) is 0 Å². The third kappa shape index (κ3) is 1.96. The molecule has 0 saturated heterocycles. The van der Waals surface area contributed by atoms with Crippen LogP contribution < -0.4 is 5.73 Å². The number of aromatic nitrogens is 3. The topological polar surface area (TPSA) is 56.7 Å². The number of hydrogen-bond donors (Lipinski definition) is 1. The number of imidazole rings is 1. The normalized spacial score (nSPS) is 10.4. The molecule has 1 aromatic carbocycles. The summed E-state index contributed by atoms with van der Waals surface area (Å²) in [7, 11) is 0. The van der Waals surface area contributed by atoms with E-state index in [9.17, 15) is 0 Å². The molecule has 0 aliphatic carbocycles. The second-order valence-corrected chi connectivity index (χ2v) is 3.98. The first-order valence-electron chi connectivity index (χ1n) is 5.64. The van der Waals surface area contributed by atoms with Crippen LogP contribution in [0.1, 0.15) is 0 Å². The van der Waals surface area contributed by atoms with Crippen molar-refractivity contribution in [2.45, 2.75) is 0 Å². The summed E-state index contributed by atoms with van der Waals surface area (Å²) in [4.78, 5) is 8.63. The molecule has 0 fully saturated rings. The molecule has 4 nitrogen and oxygen atoms in total. The Bertz CT molecular complexity index is 641. The molecule has 88 valence electrons. The fourth-order valence-electron chi connectivity index (χ4n) is 1.76. The maximum Gasteiger partial charge on any atom is 0.137 e. The Balaban J connectivity index is 1.97. The van der Waals surface area contributed by atoms with Gasteiger partial charge in [0.15, 0.2) is 0 Å². The zero-order valence-corrected chi connectivity index (χ0v) is 9.69. The van der Waals surface area contributed by atoms with E-state index in [1.807, 2.05) is 53.2 Å². The highest BCUT2D eigenvalue weighted by atomic mass is 15.1. The van der Waals surface area contributed by atoms with E-state index in [0.717, 1.165) is 17.1 Å². The molecule has 0 aliphatic rings. The van der Waals surface area contributed by atoms with Crippen molar-refractivity contribution in [3.63, 3.8) is 0 Å². The van der Waals surface area contributed by atoms with Crippen LogP contribution >= 0.6 is 0 Å². The van der Waals surface area contributed by atoms with Gasteiger partial charge in [0, 0.05) is 11.8 Å². The van der Waals surface area contributed by atoms with Crippen molar-refractivity contribution in [1.29, 1.82) is 0 Å². The molecule has 0 radical (unpaired) electrons. The number of benzene rings is 1. The van der Waals surface area contributed by atoms with E-state index < -0.39 is 0 Å². The molecule has 18 heavy (non-hydrogen) atoms. The van der Waals surface area contributed by atoms with Crippen molar-refractivity contribution in [3.8, 4) is 17.1 Å². The smallest absolute Gasteiger partial charge is 0.137 e. The van der Waals surface area contributed by atoms with E-state index >= 15 is 0 Å². The third-order valence-electron chi connectivity index (χ3n) is 2.69. The van der Waals surface area contributed by atoms with Crippen LogP contribution in [-0.4, -0.2) is 14.5 Å². The molecule has 4 heteroatoms. The molecule has 2 heterocycles. The van der Waals surface area contributed by atoms with Gasteiger partial charge in [-0.3, -0.25) is 4.57 Å². The fraction of sp³-hybridized carbons (Fsp3) is 0. The first-order valence-corrected chi connectivity index (χ1v) is 5.64. The molecule has 3 rings (SSSR count). The summed E-state index contributed by atoms with van der Waals surface area (Å²) in [5.41, 5.74) is 8.28. The van der Waals surface area contributed by atoms with Crippen LogP contribution in [0.3, 0.4) is 0 Å². The first-order chi connectivity index (χ1) is 8.83. The minimum atomic E-state index is 0.655. The molecule has 2 aromatic heterocycles. The average Bonchev–Trinajstić information content (AvgIpc) is 2.90. The Kier molecular flexibility index (Phi) is 2.53. The van der Waals surface area contributed by atoms with Gasteiger partial charge < -0.3 is 5.73 Å². The van der Waals surface area contributed by atoms with Gasteiger partial charge in [0.1, 0.15) is 12.1 Å². The van der Waals surface area contributed by atoms with Crippen LogP contribution in [-0.2, 0) is 0 Å². The molecule has 0 unspecified atom stereocenters. The van der Waals surface area contributed by atoms with Crippen LogP contribution in [0.5, 0.6) is 0 Å². The van der Waals surface area contributed by atoms with Crippen molar-refractivity contribution in [2.24, 2.45) is 0 Å². The molecule has 0 amide bonds.